The number of carbonyl (C=O) groups is 2. The average Bonchev–Trinajstić information content (AvgIpc) is 3.15. The summed E-state index contributed by atoms with van der Waals surface area (Å²) < 4.78 is 18.2. The van der Waals surface area contributed by atoms with Gasteiger partial charge in [-0.05, 0) is 54.3 Å². The standard InChI is InChI=1S/C28H27ClN2O6S/c1-15(2)14-36-27(34)24-16(3)30-28-31(26(33)23(38-28)12-18-7-6-8-20(29)11-18)25(24)19-9-10-21(37-17(4)32)22(13-19)35-5/h6-13,15,25H,14H2,1-5H3/b23-12+/t25-/m0/s1. The third kappa shape index (κ3) is 5.74. The van der Waals surface area contributed by atoms with Crippen LogP contribution in [0.25, 0.3) is 6.08 Å². The molecule has 4 rings (SSSR count). The third-order valence-electron chi connectivity index (χ3n) is 5.69. The van der Waals surface area contributed by atoms with Gasteiger partial charge in [0, 0.05) is 11.9 Å². The first kappa shape index (κ1) is 27.3. The van der Waals surface area contributed by atoms with Gasteiger partial charge in [0.1, 0.15) is 0 Å². The fourth-order valence-corrected chi connectivity index (χ4v) is 5.30. The van der Waals surface area contributed by atoms with Crippen LogP contribution < -0.4 is 24.4 Å². The van der Waals surface area contributed by atoms with Crippen LogP contribution in [0, 0.1) is 5.92 Å². The lowest BCUT2D eigenvalue weighted by molar-refractivity contribution is -0.140. The number of aromatic nitrogens is 1. The van der Waals surface area contributed by atoms with Crippen molar-refractivity contribution in [2.45, 2.75) is 33.7 Å². The SMILES string of the molecule is COc1cc([C@H]2C(C(=O)OCC(C)C)=C(C)N=c3s/c(=C/c4cccc(Cl)c4)c(=O)n32)ccc1OC(C)=O. The van der Waals surface area contributed by atoms with Gasteiger partial charge in [-0.3, -0.25) is 14.2 Å². The topological polar surface area (TPSA) is 96.2 Å². The zero-order chi connectivity index (χ0) is 27.6. The van der Waals surface area contributed by atoms with Gasteiger partial charge in [-0.15, -0.1) is 0 Å². The van der Waals surface area contributed by atoms with Crippen molar-refractivity contribution in [1.82, 2.24) is 4.57 Å². The Hall–Kier alpha value is -3.69. The summed E-state index contributed by atoms with van der Waals surface area (Å²) in [5.41, 5.74) is 1.71. The summed E-state index contributed by atoms with van der Waals surface area (Å²) in [6.45, 7) is 7.11. The molecule has 1 aliphatic rings. The second kappa shape index (κ2) is 11.4. The summed E-state index contributed by atoms with van der Waals surface area (Å²) in [5.74, 6) is -0.429. The van der Waals surface area contributed by atoms with E-state index in [0.717, 1.165) is 5.56 Å². The van der Waals surface area contributed by atoms with Gasteiger partial charge in [-0.1, -0.05) is 55.0 Å². The van der Waals surface area contributed by atoms with Crippen LogP contribution >= 0.6 is 22.9 Å². The minimum atomic E-state index is -0.840. The second-order valence-electron chi connectivity index (χ2n) is 9.13. The Morgan fingerprint density at radius 1 is 1.18 bits per heavy atom. The monoisotopic (exact) mass is 554 g/mol. The summed E-state index contributed by atoms with van der Waals surface area (Å²) >= 11 is 7.35. The van der Waals surface area contributed by atoms with Crippen molar-refractivity contribution in [3.05, 3.63) is 89.6 Å². The molecule has 0 amide bonds. The number of halogens is 1. The summed E-state index contributed by atoms with van der Waals surface area (Å²) in [6, 6.07) is 11.2. The van der Waals surface area contributed by atoms with E-state index in [1.807, 2.05) is 19.9 Å². The number of methoxy groups -OCH3 is 1. The summed E-state index contributed by atoms with van der Waals surface area (Å²) in [7, 11) is 1.45. The van der Waals surface area contributed by atoms with Crippen molar-refractivity contribution in [3.8, 4) is 11.5 Å². The molecular weight excluding hydrogens is 528 g/mol. The van der Waals surface area contributed by atoms with Crippen LogP contribution in [0.3, 0.4) is 0 Å². The molecular formula is C28H27ClN2O6S. The predicted octanol–water partition coefficient (Wildman–Crippen LogP) is 4.02. The Morgan fingerprint density at radius 3 is 2.61 bits per heavy atom. The summed E-state index contributed by atoms with van der Waals surface area (Å²) in [5, 5.41) is 0.551. The first-order valence-corrected chi connectivity index (χ1v) is 13.1. The van der Waals surface area contributed by atoms with Crippen molar-refractivity contribution in [2.75, 3.05) is 13.7 Å². The Balaban J connectivity index is 1.93. The number of esters is 2. The van der Waals surface area contributed by atoms with Gasteiger partial charge in [0.2, 0.25) is 0 Å². The smallest absolute Gasteiger partial charge is 0.338 e. The second-order valence-corrected chi connectivity index (χ2v) is 10.6. The molecule has 2 heterocycles. The van der Waals surface area contributed by atoms with Crippen molar-refractivity contribution < 1.29 is 23.8 Å². The van der Waals surface area contributed by atoms with Gasteiger partial charge in [0.15, 0.2) is 16.3 Å². The van der Waals surface area contributed by atoms with Crippen molar-refractivity contribution in [1.29, 1.82) is 0 Å². The molecule has 3 aromatic rings. The van der Waals surface area contributed by atoms with E-state index in [4.69, 9.17) is 25.8 Å². The number of hydrogen-bond acceptors (Lipinski definition) is 8. The number of ether oxygens (including phenoxy) is 3. The van der Waals surface area contributed by atoms with E-state index in [0.29, 0.717) is 25.6 Å². The van der Waals surface area contributed by atoms with Crippen molar-refractivity contribution in [2.24, 2.45) is 10.9 Å². The fraction of sp³-hybridized carbons (Fsp3) is 0.286. The quantitative estimate of drug-likeness (QED) is 0.323. The molecule has 38 heavy (non-hydrogen) atoms. The minimum absolute atomic E-state index is 0.125. The number of thiazole rings is 1. The zero-order valence-corrected chi connectivity index (χ0v) is 23.2. The van der Waals surface area contributed by atoms with Gasteiger partial charge in [0.05, 0.1) is 35.6 Å². The molecule has 0 N–H and O–H groups in total. The van der Waals surface area contributed by atoms with Gasteiger partial charge in [0.25, 0.3) is 5.56 Å². The zero-order valence-electron chi connectivity index (χ0n) is 21.6. The first-order valence-electron chi connectivity index (χ1n) is 11.9. The van der Waals surface area contributed by atoms with Gasteiger partial charge in [-0.2, -0.15) is 0 Å². The molecule has 2 aromatic carbocycles. The number of fused-ring (bicyclic) bond motifs is 1. The van der Waals surface area contributed by atoms with Gasteiger partial charge < -0.3 is 14.2 Å². The number of carbonyl (C=O) groups excluding carboxylic acids is 2. The predicted molar refractivity (Wildman–Crippen MR) is 145 cm³/mol. The van der Waals surface area contributed by atoms with E-state index in [2.05, 4.69) is 4.99 Å². The Kier molecular flexibility index (Phi) is 8.18. The van der Waals surface area contributed by atoms with Gasteiger partial charge in [-0.25, -0.2) is 9.79 Å². The van der Waals surface area contributed by atoms with E-state index >= 15 is 0 Å². The number of allylic oxidation sites excluding steroid dienone is 1. The lowest BCUT2D eigenvalue weighted by Gasteiger charge is -2.25. The van der Waals surface area contributed by atoms with Crippen molar-refractivity contribution >= 4 is 41.0 Å². The molecule has 8 nitrogen and oxygen atoms in total. The molecule has 0 bridgehead atoms. The van der Waals surface area contributed by atoms with Crippen LogP contribution in [-0.2, 0) is 14.3 Å². The summed E-state index contributed by atoms with van der Waals surface area (Å²) in [4.78, 5) is 43.7. The largest absolute Gasteiger partial charge is 0.493 e. The highest BCUT2D eigenvalue weighted by molar-refractivity contribution is 7.07. The lowest BCUT2D eigenvalue weighted by Crippen LogP contribution is -2.40. The van der Waals surface area contributed by atoms with Crippen LogP contribution in [0.5, 0.6) is 11.5 Å². The van der Waals surface area contributed by atoms with Crippen LogP contribution in [0.1, 0.15) is 44.9 Å². The molecule has 0 fully saturated rings. The molecule has 0 aliphatic carbocycles. The number of hydrogen-bond donors (Lipinski definition) is 0. The van der Waals surface area contributed by atoms with Crippen LogP contribution in [0.2, 0.25) is 5.02 Å². The molecule has 1 atom stereocenters. The third-order valence-corrected chi connectivity index (χ3v) is 6.91. The van der Waals surface area contributed by atoms with Gasteiger partial charge >= 0.3 is 11.9 Å². The normalized spacial score (nSPS) is 15.2. The van der Waals surface area contributed by atoms with Crippen molar-refractivity contribution in [3.63, 3.8) is 0 Å². The molecule has 0 saturated heterocycles. The van der Waals surface area contributed by atoms with E-state index in [9.17, 15) is 14.4 Å². The number of rotatable bonds is 7. The maximum absolute atomic E-state index is 13.8. The molecule has 0 saturated carbocycles. The minimum Gasteiger partial charge on any atom is -0.493 e. The maximum atomic E-state index is 13.8. The molecule has 198 valence electrons. The molecule has 0 radical (unpaired) electrons. The highest BCUT2D eigenvalue weighted by Gasteiger charge is 2.34. The van der Waals surface area contributed by atoms with Crippen LogP contribution in [0.4, 0.5) is 0 Å². The Bertz CT molecular complexity index is 1620. The van der Waals surface area contributed by atoms with Crippen LogP contribution in [-0.4, -0.2) is 30.2 Å². The van der Waals surface area contributed by atoms with E-state index in [1.165, 1.54) is 29.9 Å². The Labute approximate surface area is 228 Å². The lowest BCUT2D eigenvalue weighted by atomic mass is 9.95. The van der Waals surface area contributed by atoms with Crippen LogP contribution in [0.15, 0.2) is 63.5 Å². The summed E-state index contributed by atoms with van der Waals surface area (Å²) in [6.07, 6.45) is 1.74. The van der Waals surface area contributed by atoms with E-state index < -0.39 is 18.0 Å². The highest BCUT2D eigenvalue weighted by atomic mass is 35.5. The molecule has 1 aromatic heterocycles. The number of benzene rings is 2. The Morgan fingerprint density at radius 2 is 1.95 bits per heavy atom. The van der Waals surface area contributed by atoms with E-state index in [1.54, 1.807) is 49.4 Å². The first-order chi connectivity index (χ1) is 18.1. The molecule has 0 spiro atoms. The molecule has 10 heteroatoms. The van der Waals surface area contributed by atoms with E-state index in [-0.39, 0.29) is 35.2 Å². The maximum Gasteiger partial charge on any atom is 0.338 e. The molecule has 1 aliphatic heterocycles. The average molecular weight is 555 g/mol. The number of nitrogens with zero attached hydrogens (tertiary/aromatic N) is 2. The highest BCUT2D eigenvalue weighted by Crippen LogP contribution is 2.36. The molecule has 0 unspecified atom stereocenters. The fourth-order valence-electron chi connectivity index (χ4n) is 4.06.